The SMILES string of the molecule is CCCc1nc2scc(-c3ccco3)c2c(=O)[nH]1. The monoisotopic (exact) mass is 260 g/mol. The van der Waals surface area contributed by atoms with E-state index >= 15 is 0 Å². The van der Waals surface area contributed by atoms with Crippen LogP contribution in [0, 0.1) is 0 Å². The van der Waals surface area contributed by atoms with Crippen LogP contribution < -0.4 is 5.56 Å². The summed E-state index contributed by atoms with van der Waals surface area (Å²) in [5.74, 6) is 1.46. The van der Waals surface area contributed by atoms with Gasteiger partial charge in [0.25, 0.3) is 5.56 Å². The van der Waals surface area contributed by atoms with E-state index in [1.165, 1.54) is 11.3 Å². The summed E-state index contributed by atoms with van der Waals surface area (Å²) < 4.78 is 5.34. The van der Waals surface area contributed by atoms with Crippen molar-refractivity contribution in [2.24, 2.45) is 0 Å². The van der Waals surface area contributed by atoms with Gasteiger partial charge in [0.2, 0.25) is 0 Å². The summed E-state index contributed by atoms with van der Waals surface area (Å²) in [7, 11) is 0. The molecule has 0 saturated heterocycles. The summed E-state index contributed by atoms with van der Waals surface area (Å²) in [6.45, 7) is 2.06. The van der Waals surface area contributed by atoms with Crippen LogP contribution in [-0.4, -0.2) is 9.97 Å². The number of hydrogen-bond donors (Lipinski definition) is 1. The van der Waals surface area contributed by atoms with E-state index in [1.807, 2.05) is 17.5 Å². The fourth-order valence-electron chi connectivity index (χ4n) is 1.96. The molecule has 0 unspecified atom stereocenters. The minimum absolute atomic E-state index is 0.0869. The van der Waals surface area contributed by atoms with E-state index < -0.39 is 0 Å². The van der Waals surface area contributed by atoms with Gasteiger partial charge in [0.05, 0.1) is 11.6 Å². The van der Waals surface area contributed by atoms with Crippen molar-refractivity contribution < 1.29 is 4.42 Å². The van der Waals surface area contributed by atoms with Crippen LogP contribution in [0.25, 0.3) is 21.5 Å². The first-order chi connectivity index (χ1) is 8.79. The minimum Gasteiger partial charge on any atom is -0.464 e. The molecular formula is C13H12N2O2S. The van der Waals surface area contributed by atoms with Crippen molar-refractivity contribution in [2.75, 3.05) is 0 Å². The van der Waals surface area contributed by atoms with Gasteiger partial charge in [0.1, 0.15) is 16.4 Å². The maximum atomic E-state index is 12.1. The second kappa shape index (κ2) is 4.42. The molecular weight excluding hydrogens is 248 g/mol. The molecule has 18 heavy (non-hydrogen) atoms. The normalized spacial score (nSPS) is 11.2. The fourth-order valence-corrected chi connectivity index (χ4v) is 2.91. The molecule has 92 valence electrons. The van der Waals surface area contributed by atoms with Crippen LogP contribution >= 0.6 is 11.3 Å². The third kappa shape index (κ3) is 1.76. The average Bonchev–Trinajstić information content (AvgIpc) is 2.96. The summed E-state index contributed by atoms with van der Waals surface area (Å²) >= 11 is 1.48. The molecule has 0 spiro atoms. The highest BCUT2D eigenvalue weighted by molar-refractivity contribution is 7.17. The Morgan fingerprint density at radius 2 is 2.39 bits per heavy atom. The molecule has 0 radical (unpaired) electrons. The van der Waals surface area contributed by atoms with Crippen molar-refractivity contribution in [3.8, 4) is 11.3 Å². The van der Waals surface area contributed by atoms with Gasteiger partial charge in [-0.2, -0.15) is 0 Å². The zero-order valence-electron chi connectivity index (χ0n) is 9.90. The van der Waals surface area contributed by atoms with Crippen molar-refractivity contribution in [3.63, 3.8) is 0 Å². The van der Waals surface area contributed by atoms with E-state index in [4.69, 9.17) is 4.42 Å². The van der Waals surface area contributed by atoms with Gasteiger partial charge in [-0.25, -0.2) is 4.98 Å². The van der Waals surface area contributed by atoms with E-state index in [9.17, 15) is 4.79 Å². The first-order valence-corrected chi connectivity index (χ1v) is 6.72. The van der Waals surface area contributed by atoms with E-state index in [-0.39, 0.29) is 5.56 Å². The standard InChI is InChI=1S/C13H12N2O2S/c1-2-4-10-14-12(16)11-8(7-18-13(11)15-10)9-5-3-6-17-9/h3,5-7H,2,4H2,1H3,(H,14,15,16). The van der Waals surface area contributed by atoms with Crippen LogP contribution in [0.4, 0.5) is 0 Å². The lowest BCUT2D eigenvalue weighted by Gasteiger charge is -1.98. The predicted molar refractivity (Wildman–Crippen MR) is 71.9 cm³/mol. The van der Waals surface area contributed by atoms with Crippen molar-refractivity contribution in [1.82, 2.24) is 9.97 Å². The largest absolute Gasteiger partial charge is 0.464 e. The third-order valence-electron chi connectivity index (χ3n) is 2.77. The molecule has 0 aromatic carbocycles. The molecule has 0 saturated carbocycles. The highest BCUT2D eigenvalue weighted by atomic mass is 32.1. The lowest BCUT2D eigenvalue weighted by atomic mass is 10.2. The quantitative estimate of drug-likeness (QED) is 0.786. The van der Waals surface area contributed by atoms with Gasteiger partial charge in [-0.05, 0) is 18.6 Å². The Labute approximate surface area is 107 Å². The molecule has 5 heteroatoms. The summed E-state index contributed by atoms with van der Waals surface area (Å²) in [4.78, 5) is 20.2. The van der Waals surface area contributed by atoms with Crippen molar-refractivity contribution in [1.29, 1.82) is 0 Å². The van der Waals surface area contributed by atoms with E-state index in [2.05, 4.69) is 16.9 Å². The fraction of sp³-hybridized carbons (Fsp3) is 0.231. The van der Waals surface area contributed by atoms with Crippen molar-refractivity contribution >= 4 is 21.6 Å². The number of nitrogens with one attached hydrogen (secondary N) is 1. The predicted octanol–water partition coefficient (Wildman–Crippen LogP) is 3.20. The van der Waals surface area contributed by atoms with E-state index in [0.717, 1.165) is 29.1 Å². The molecule has 1 N–H and O–H groups in total. The van der Waals surface area contributed by atoms with Crippen LogP contribution in [-0.2, 0) is 6.42 Å². The summed E-state index contributed by atoms with van der Waals surface area (Å²) in [5.41, 5.74) is 0.730. The van der Waals surface area contributed by atoms with E-state index in [0.29, 0.717) is 11.1 Å². The number of hydrogen-bond acceptors (Lipinski definition) is 4. The molecule has 3 aromatic rings. The summed E-state index contributed by atoms with van der Waals surface area (Å²) in [6, 6.07) is 3.66. The number of fused-ring (bicyclic) bond motifs is 1. The zero-order valence-corrected chi connectivity index (χ0v) is 10.7. The van der Waals surface area contributed by atoms with Gasteiger partial charge in [0, 0.05) is 17.4 Å². The van der Waals surface area contributed by atoms with Gasteiger partial charge >= 0.3 is 0 Å². The molecule has 0 aliphatic rings. The van der Waals surface area contributed by atoms with Crippen LogP contribution in [0.2, 0.25) is 0 Å². The highest BCUT2D eigenvalue weighted by Crippen LogP contribution is 2.30. The van der Waals surface area contributed by atoms with Gasteiger partial charge < -0.3 is 9.40 Å². The number of aryl methyl sites for hydroxylation is 1. The van der Waals surface area contributed by atoms with Crippen LogP contribution in [0.5, 0.6) is 0 Å². The molecule has 0 aliphatic carbocycles. The molecule has 0 aliphatic heterocycles. The molecule has 3 heterocycles. The number of aromatic amines is 1. The topological polar surface area (TPSA) is 58.9 Å². The molecule has 0 amide bonds. The molecule has 3 aromatic heterocycles. The van der Waals surface area contributed by atoms with Gasteiger partial charge in [-0.3, -0.25) is 4.79 Å². The first-order valence-electron chi connectivity index (χ1n) is 5.84. The Balaban J connectivity index is 2.23. The zero-order chi connectivity index (χ0) is 12.5. The van der Waals surface area contributed by atoms with Gasteiger partial charge in [-0.15, -0.1) is 11.3 Å². The lowest BCUT2D eigenvalue weighted by molar-refractivity contribution is 0.583. The van der Waals surface area contributed by atoms with Gasteiger partial charge in [-0.1, -0.05) is 6.92 Å². The van der Waals surface area contributed by atoms with Crippen LogP contribution in [0.3, 0.4) is 0 Å². The maximum absolute atomic E-state index is 12.1. The number of aromatic nitrogens is 2. The van der Waals surface area contributed by atoms with E-state index in [1.54, 1.807) is 6.26 Å². The maximum Gasteiger partial charge on any atom is 0.260 e. The second-order valence-corrected chi connectivity index (χ2v) is 4.93. The number of nitrogens with zero attached hydrogens (tertiary/aromatic N) is 1. The van der Waals surface area contributed by atoms with Crippen LogP contribution in [0.15, 0.2) is 33.0 Å². The summed E-state index contributed by atoms with van der Waals surface area (Å²) in [6.07, 6.45) is 3.36. The number of furan rings is 1. The number of thiophene rings is 1. The molecule has 0 atom stereocenters. The second-order valence-electron chi connectivity index (χ2n) is 4.07. The van der Waals surface area contributed by atoms with Crippen molar-refractivity contribution in [3.05, 3.63) is 40.0 Å². The smallest absolute Gasteiger partial charge is 0.260 e. The lowest BCUT2D eigenvalue weighted by Crippen LogP contribution is -2.11. The Morgan fingerprint density at radius 3 is 3.11 bits per heavy atom. The number of rotatable bonds is 3. The Hall–Kier alpha value is -1.88. The Morgan fingerprint density at radius 1 is 1.50 bits per heavy atom. The first kappa shape index (κ1) is 11.2. The average molecular weight is 260 g/mol. The highest BCUT2D eigenvalue weighted by Gasteiger charge is 2.14. The molecule has 3 rings (SSSR count). The Bertz CT molecular complexity index is 725. The third-order valence-corrected chi connectivity index (χ3v) is 3.64. The van der Waals surface area contributed by atoms with Crippen LogP contribution in [0.1, 0.15) is 19.2 Å². The molecule has 4 nitrogen and oxygen atoms in total. The molecule has 0 fully saturated rings. The van der Waals surface area contributed by atoms with Crippen molar-refractivity contribution in [2.45, 2.75) is 19.8 Å². The Kier molecular flexibility index (Phi) is 2.76. The molecule has 0 bridgehead atoms. The number of H-pyrrole nitrogens is 1. The van der Waals surface area contributed by atoms with Gasteiger partial charge in [0.15, 0.2) is 0 Å². The summed E-state index contributed by atoms with van der Waals surface area (Å²) in [5, 5.41) is 2.54. The minimum atomic E-state index is -0.0869.